The Hall–Kier alpha value is -0.470. The maximum absolute atomic E-state index is 3.34. The predicted molar refractivity (Wildman–Crippen MR) is 63.0 cm³/mol. The molecule has 1 aliphatic heterocycles. The largest absolute Gasteiger partial charge is 0.316 e. The minimum absolute atomic E-state index is 0.590. The Morgan fingerprint density at radius 3 is 2.93 bits per heavy atom. The molecule has 0 saturated carbocycles. The molecule has 1 N–H and O–H groups in total. The van der Waals surface area contributed by atoms with Gasteiger partial charge in [0.25, 0.3) is 0 Å². The molecule has 14 heavy (non-hydrogen) atoms. The molecule has 2 atom stereocenters. The van der Waals surface area contributed by atoms with Gasteiger partial charge in [0.2, 0.25) is 0 Å². The fourth-order valence-corrected chi connectivity index (χ4v) is 3.38. The Morgan fingerprint density at radius 2 is 2.29 bits per heavy atom. The van der Waals surface area contributed by atoms with Gasteiger partial charge in [0.05, 0.1) is 0 Å². The molecule has 1 nitrogen and oxygen atoms in total. The summed E-state index contributed by atoms with van der Waals surface area (Å²) in [6, 6.07) is 7.21. The van der Waals surface area contributed by atoms with E-state index >= 15 is 0 Å². The zero-order chi connectivity index (χ0) is 10.1. The zero-order valence-electron chi connectivity index (χ0n) is 9.00. The van der Waals surface area contributed by atoms with Crippen molar-refractivity contribution in [1.29, 1.82) is 0 Å². The number of fused-ring (bicyclic) bond motifs is 1. The predicted octanol–water partition coefficient (Wildman–Crippen LogP) is 2.62. The number of benzene rings is 1. The average Bonchev–Trinajstić information content (AvgIpc) is 2.62. The van der Waals surface area contributed by atoms with E-state index in [-0.39, 0.29) is 0 Å². The van der Waals surface area contributed by atoms with Crippen LogP contribution in [0.2, 0.25) is 0 Å². The second-order valence-corrected chi connectivity index (χ2v) is 5.27. The Labute approximate surface area is 90.3 Å². The molecule has 0 spiro atoms. The van der Waals surface area contributed by atoms with E-state index in [1.165, 1.54) is 16.9 Å². The van der Waals surface area contributed by atoms with Gasteiger partial charge in [0.1, 0.15) is 0 Å². The summed E-state index contributed by atoms with van der Waals surface area (Å²) in [5, 5.41) is 4.05. The van der Waals surface area contributed by atoms with Crippen molar-refractivity contribution in [2.45, 2.75) is 36.5 Å². The SMILES string of the molecule is CNC(C)C1Cc2c(C)cccc2S1. The lowest BCUT2D eigenvalue weighted by Crippen LogP contribution is -2.32. The molecular weight excluding hydrogens is 190 g/mol. The van der Waals surface area contributed by atoms with Gasteiger partial charge in [0.15, 0.2) is 0 Å². The monoisotopic (exact) mass is 207 g/mol. The zero-order valence-corrected chi connectivity index (χ0v) is 9.82. The summed E-state index contributed by atoms with van der Waals surface area (Å²) in [4.78, 5) is 1.48. The van der Waals surface area contributed by atoms with Crippen LogP contribution in [0.4, 0.5) is 0 Å². The van der Waals surface area contributed by atoms with Gasteiger partial charge >= 0.3 is 0 Å². The highest BCUT2D eigenvalue weighted by Crippen LogP contribution is 2.39. The lowest BCUT2D eigenvalue weighted by molar-refractivity contribution is 0.583. The third-order valence-electron chi connectivity index (χ3n) is 3.06. The van der Waals surface area contributed by atoms with Crippen molar-refractivity contribution in [3.05, 3.63) is 29.3 Å². The van der Waals surface area contributed by atoms with Crippen LogP contribution in [0.3, 0.4) is 0 Å². The number of thioether (sulfide) groups is 1. The van der Waals surface area contributed by atoms with Crippen molar-refractivity contribution in [1.82, 2.24) is 5.32 Å². The van der Waals surface area contributed by atoms with Crippen LogP contribution in [-0.2, 0) is 6.42 Å². The second-order valence-electron chi connectivity index (χ2n) is 3.99. The lowest BCUT2D eigenvalue weighted by Gasteiger charge is -2.16. The van der Waals surface area contributed by atoms with Crippen molar-refractivity contribution < 1.29 is 0 Å². The van der Waals surface area contributed by atoms with E-state index in [1.807, 2.05) is 18.8 Å². The van der Waals surface area contributed by atoms with E-state index < -0.39 is 0 Å². The van der Waals surface area contributed by atoms with Crippen molar-refractivity contribution in [2.75, 3.05) is 7.05 Å². The van der Waals surface area contributed by atoms with Crippen molar-refractivity contribution in [3.63, 3.8) is 0 Å². The number of nitrogens with one attached hydrogen (secondary N) is 1. The minimum atomic E-state index is 0.590. The molecule has 0 radical (unpaired) electrons. The molecule has 2 rings (SSSR count). The molecule has 0 bridgehead atoms. The van der Waals surface area contributed by atoms with Gasteiger partial charge in [0, 0.05) is 16.2 Å². The van der Waals surface area contributed by atoms with Crippen LogP contribution in [0.15, 0.2) is 23.1 Å². The summed E-state index contributed by atoms with van der Waals surface area (Å²) in [5.41, 5.74) is 3.01. The van der Waals surface area contributed by atoms with Crippen LogP contribution in [0, 0.1) is 6.92 Å². The average molecular weight is 207 g/mol. The van der Waals surface area contributed by atoms with Crippen molar-refractivity contribution in [3.8, 4) is 0 Å². The van der Waals surface area contributed by atoms with Gasteiger partial charge in [-0.25, -0.2) is 0 Å². The smallest absolute Gasteiger partial charge is 0.0286 e. The topological polar surface area (TPSA) is 12.0 Å². The van der Waals surface area contributed by atoms with E-state index in [0.29, 0.717) is 11.3 Å². The summed E-state index contributed by atoms with van der Waals surface area (Å²) >= 11 is 2.02. The number of hydrogen-bond acceptors (Lipinski definition) is 2. The van der Waals surface area contributed by atoms with Gasteiger partial charge < -0.3 is 5.32 Å². The molecule has 2 unspecified atom stereocenters. The highest BCUT2D eigenvalue weighted by atomic mass is 32.2. The van der Waals surface area contributed by atoms with E-state index in [1.54, 1.807) is 5.56 Å². The molecule has 76 valence electrons. The van der Waals surface area contributed by atoms with Gasteiger partial charge in [-0.05, 0) is 44.5 Å². The van der Waals surface area contributed by atoms with Crippen molar-refractivity contribution in [2.24, 2.45) is 0 Å². The molecule has 0 amide bonds. The van der Waals surface area contributed by atoms with E-state index in [2.05, 4.69) is 37.4 Å². The standard InChI is InChI=1S/C12H17NS/c1-8-5-4-6-11-10(8)7-12(14-11)9(2)13-3/h4-6,9,12-13H,7H2,1-3H3. The molecular formula is C12H17NS. The first-order valence-corrected chi connectivity index (χ1v) is 6.02. The highest BCUT2D eigenvalue weighted by Gasteiger charge is 2.26. The first kappa shape index (κ1) is 10.1. The van der Waals surface area contributed by atoms with Gasteiger partial charge in [-0.2, -0.15) is 0 Å². The molecule has 2 heteroatoms. The van der Waals surface area contributed by atoms with Gasteiger partial charge in [-0.1, -0.05) is 12.1 Å². The normalized spacial score (nSPS) is 22.1. The highest BCUT2D eigenvalue weighted by molar-refractivity contribution is 8.00. The van der Waals surface area contributed by atoms with Crippen LogP contribution in [0.5, 0.6) is 0 Å². The van der Waals surface area contributed by atoms with Gasteiger partial charge in [-0.15, -0.1) is 11.8 Å². The van der Waals surface area contributed by atoms with E-state index in [0.717, 1.165) is 0 Å². The fraction of sp³-hybridized carbons (Fsp3) is 0.500. The summed E-state index contributed by atoms with van der Waals surface area (Å²) in [6.07, 6.45) is 1.22. The van der Waals surface area contributed by atoms with Crippen LogP contribution in [0.25, 0.3) is 0 Å². The molecule has 0 fully saturated rings. The third kappa shape index (κ3) is 1.69. The first-order chi connectivity index (χ1) is 6.72. The van der Waals surface area contributed by atoms with Crippen LogP contribution in [-0.4, -0.2) is 18.3 Å². The van der Waals surface area contributed by atoms with Crippen molar-refractivity contribution >= 4 is 11.8 Å². The first-order valence-electron chi connectivity index (χ1n) is 5.15. The maximum atomic E-state index is 3.34. The molecule has 0 aliphatic carbocycles. The van der Waals surface area contributed by atoms with Crippen LogP contribution >= 0.6 is 11.8 Å². The minimum Gasteiger partial charge on any atom is -0.316 e. The van der Waals surface area contributed by atoms with Gasteiger partial charge in [-0.3, -0.25) is 0 Å². The molecule has 1 aliphatic rings. The molecule has 0 saturated heterocycles. The quantitative estimate of drug-likeness (QED) is 0.800. The second kappa shape index (κ2) is 3.95. The Bertz CT molecular complexity index is 335. The number of aryl methyl sites for hydroxylation is 1. The summed E-state index contributed by atoms with van der Waals surface area (Å²) in [5.74, 6) is 0. The Morgan fingerprint density at radius 1 is 1.50 bits per heavy atom. The Balaban J connectivity index is 2.22. The summed E-state index contributed by atoms with van der Waals surface area (Å²) < 4.78 is 0. The summed E-state index contributed by atoms with van der Waals surface area (Å²) in [7, 11) is 2.04. The lowest BCUT2D eigenvalue weighted by atomic mass is 10.0. The van der Waals surface area contributed by atoms with Crippen LogP contribution < -0.4 is 5.32 Å². The number of rotatable bonds is 2. The maximum Gasteiger partial charge on any atom is 0.0286 e. The molecule has 1 heterocycles. The van der Waals surface area contributed by atoms with Crippen LogP contribution in [0.1, 0.15) is 18.1 Å². The summed E-state index contributed by atoms with van der Waals surface area (Å²) in [6.45, 7) is 4.48. The van der Waals surface area contributed by atoms with E-state index in [9.17, 15) is 0 Å². The molecule has 1 aromatic rings. The molecule has 0 aromatic heterocycles. The van der Waals surface area contributed by atoms with E-state index in [4.69, 9.17) is 0 Å². The number of hydrogen-bond donors (Lipinski definition) is 1. The Kier molecular flexibility index (Phi) is 2.84. The molecule has 1 aromatic carbocycles. The third-order valence-corrected chi connectivity index (χ3v) is 4.58. The fourth-order valence-electron chi connectivity index (χ4n) is 1.92.